The Kier molecular flexibility index (Phi) is 2.76. The summed E-state index contributed by atoms with van der Waals surface area (Å²) in [5.41, 5.74) is 5.53. The van der Waals surface area contributed by atoms with Crippen molar-refractivity contribution in [3.63, 3.8) is 0 Å². The van der Waals surface area contributed by atoms with Crippen molar-refractivity contribution in [1.29, 1.82) is 0 Å². The number of para-hydroxylation sites is 1. The number of nitrogens with one attached hydrogen (secondary N) is 2. The van der Waals surface area contributed by atoms with Gasteiger partial charge in [-0.2, -0.15) is 0 Å². The van der Waals surface area contributed by atoms with Gasteiger partial charge in [0, 0.05) is 0 Å². The van der Waals surface area contributed by atoms with Crippen LogP contribution in [0.5, 0.6) is 0 Å². The summed E-state index contributed by atoms with van der Waals surface area (Å²) in [5, 5.41) is 0. The molecule has 0 spiro atoms. The van der Waals surface area contributed by atoms with Gasteiger partial charge in [0.25, 0.3) is 0 Å². The lowest BCUT2D eigenvalue weighted by Crippen LogP contribution is -2.37. The SMILES string of the molecule is CC1(C(=O)NNc2ccccc2)CC1(Cl)Cl. The minimum atomic E-state index is -0.935. The van der Waals surface area contributed by atoms with Crippen LogP contribution in [0.4, 0.5) is 5.69 Å². The number of alkyl halides is 2. The third kappa shape index (κ3) is 1.97. The third-order valence-electron chi connectivity index (χ3n) is 2.85. The molecule has 1 atom stereocenters. The van der Waals surface area contributed by atoms with Crippen molar-refractivity contribution in [2.45, 2.75) is 17.7 Å². The van der Waals surface area contributed by atoms with E-state index < -0.39 is 9.75 Å². The van der Waals surface area contributed by atoms with Crippen molar-refractivity contribution < 1.29 is 4.79 Å². The van der Waals surface area contributed by atoms with E-state index in [1.54, 1.807) is 6.92 Å². The van der Waals surface area contributed by atoms with Gasteiger partial charge in [0.2, 0.25) is 5.91 Å². The normalized spacial score (nSPS) is 25.9. The van der Waals surface area contributed by atoms with E-state index >= 15 is 0 Å². The summed E-state index contributed by atoms with van der Waals surface area (Å²) in [6, 6.07) is 9.35. The summed E-state index contributed by atoms with van der Waals surface area (Å²) in [7, 11) is 0. The van der Waals surface area contributed by atoms with Gasteiger partial charge in [-0.3, -0.25) is 15.6 Å². The molecule has 16 heavy (non-hydrogen) atoms. The van der Waals surface area contributed by atoms with Gasteiger partial charge in [0.05, 0.1) is 11.1 Å². The van der Waals surface area contributed by atoms with Crippen molar-refractivity contribution in [3.8, 4) is 0 Å². The average Bonchev–Trinajstić information content (AvgIpc) is 2.78. The van der Waals surface area contributed by atoms with Crippen LogP contribution in [0.25, 0.3) is 0 Å². The van der Waals surface area contributed by atoms with Crippen LogP contribution in [-0.4, -0.2) is 10.2 Å². The molecular formula is C11H12Cl2N2O. The highest BCUT2D eigenvalue weighted by atomic mass is 35.5. The number of carbonyl (C=O) groups is 1. The van der Waals surface area contributed by atoms with Crippen LogP contribution in [0.1, 0.15) is 13.3 Å². The Balaban J connectivity index is 1.91. The van der Waals surface area contributed by atoms with Crippen molar-refractivity contribution in [2.75, 3.05) is 5.43 Å². The summed E-state index contributed by atoms with van der Waals surface area (Å²) in [4.78, 5) is 11.8. The minimum absolute atomic E-state index is 0.193. The number of rotatable bonds is 3. The number of halogens is 2. The molecular weight excluding hydrogens is 247 g/mol. The van der Waals surface area contributed by atoms with Crippen molar-refractivity contribution in [1.82, 2.24) is 5.43 Å². The van der Waals surface area contributed by atoms with Crippen LogP contribution in [0.15, 0.2) is 30.3 Å². The monoisotopic (exact) mass is 258 g/mol. The summed E-state index contributed by atoms with van der Waals surface area (Å²) < 4.78 is -0.935. The van der Waals surface area contributed by atoms with E-state index in [4.69, 9.17) is 23.2 Å². The van der Waals surface area contributed by atoms with Crippen molar-refractivity contribution in [2.24, 2.45) is 5.41 Å². The molecule has 0 radical (unpaired) electrons. The molecule has 1 saturated carbocycles. The highest BCUT2D eigenvalue weighted by molar-refractivity contribution is 6.53. The zero-order chi connectivity index (χ0) is 11.8. The highest BCUT2D eigenvalue weighted by Gasteiger charge is 2.68. The molecule has 2 N–H and O–H groups in total. The first kappa shape index (κ1) is 11.6. The first-order valence-corrected chi connectivity index (χ1v) is 5.71. The average molecular weight is 259 g/mol. The van der Waals surface area contributed by atoms with Crippen LogP contribution in [0, 0.1) is 5.41 Å². The third-order valence-corrected chi connectivity index (χ3v) is 3.95. The second-order valence-electron chi connectivity index (χ2n) is 4.16. The van der Waals surface area contributed by atoms with E-state index in [1.165, 1.54) is 0 Å². The molecule has 0 bridgehead atoms. The molecule has 5 heteroatoms. The van der Waals surface area contributed by atoms with Crippen LogP contribution in [0.2, 0.25) is 0 Å². The number of amides is 1. The number of anilines is 1. The summed E-state index contributed by atoms with van der Waals surface area (Å²) in [5.74, 6) is -0.193. The molecule has 1 aliphatic rings. The minimum Gasteiger partial charge on any atom is -0.299 e. The second kappa shape index (κ2) is 3.82. The Morgan fingerprint density at radius 1 is 1.31 bits per heavy atom. The van der Waals surface area contributed by atoms with E-state index in [0.29, 0.717) is 6.42 Å². The molecule has 1 aromatic carbocycles. The lowest BCUT2D eigenvalue weighted by atomic mass is 10.1. The Morgan fingerprint density at radius 2 is 1.88 bits per heavy atom. The fourth-order valence-corrected chi connectivity index (χ4v) is 2.14. The maximum Gasteiger partial charge on any atom is 0.247 e. The Bertz CT molecular complexity index is 408. The number of hydrogen-bond donors (Lipinski definition) is 2. The summed E-state index contributed by atoms with van der Waals surface area (Å²) in [6.07, 6.45) is 0.478. The standard InChI is InChI=1S/C11H12Cl2N2O/c1-10(7-11(10,12)13)9(16)15-14-8-5-3-2-4-6-8/h2-6,14H,7H2,1H3,(H,15,16). The maximum atomic E-state index is 11.8. The fraction of sp³-hybridized carbons (Fsp3) is 0.364. The van der Waals surface area contributed by atoms with Crippen LogP contribution >= 0.6 is 23.2 Å². The smallest absolute Gasteiger partial charge is 0.247 e. The Morgan fingerprint density at radius 3 is 2.38 bits per heavy atom. The molecule has 2 rings (SSSR count). The predicted molar refractivity (Wildman–Crippen MR) is 65.4 cm³/mol. The van der Waals surface area contributed by atoms with Gasteiger partial charge >= 0.3 is 0 Å². The molecule has 1 aliphatic carbocycles. The van der Waals surface area contributed by atoms with Gasteiger partial charge in [-0.25, -0.2) is 0 Å². The number of benzene rings is 1. The topological polar surface area (TPSA) is 41.1 Å². The van der Waals surface area contributed by atoms with E-state index in [2.05, 4.69) is 10.9 Å². The quantitative estimate of drug-likeness (QED) is 0.647. The van der Waals surface area contributed by atoms with Crippen molar-refractivity contribution >= 4 is 34.8 Å². The van der Waals surface area contributed by atoms with Gasteiger partial charge in [0.15, 0.2) is 0 Å². The second-order valence-corrected chi connectivity index (χ2v) is 5.64. The fourth-order valence-electron chi connectivity index (χ4n) is 1.43. The van der Waals surface area contributed by atoms with Gasteiger partial charge in [0.1, 0.15) is 4.33 Å². The van der Waals surface area contributed by atoms with Gasteiger partial charge in [-0.05, 0) is 25.5 Å². The van der Waals surface area contributed by atoms with Gasteiger partial charge < -0.3 is 0 Å². The van der Waals surface area contributed by atoms with Gasteiger partial charge in [-0.1, -0.05) is 18.2 Å². The molecule has 3 nitrogen and oxygen atoms in total. The molecule has 0 aliphatic heterocycles. The molecule has 1 unspecified atom stereocenters. The van der Waals surface area contributed by atoms with E-state index in [9.17, 15) is 4.79 Å². The molecule has 1 fully saturated rings. The molecule has 1 amide bonds. The van der Waals surface area contributed by atoms with Gasteiger partial charge in [-0.15, -0.1) is 23.2 Å². The van der Waals surface area contributed by atoms with Crippen LogP contribution < -0.4 is 10.9 Å². The summed E-state index contributed by atoms with van der Waals surface area (Å²) >= 11 is 11.8. The van der Waals surface area contributed by atoms with E-state index in [0.717, 1.165) is 5.69 Å². The number of carbonyl (C=O) groups excluding carboxylic acids is 1. The molecule has 0 heterocycles. The number of hydrazine groups is 1. The summed E-state index contributed by atoms with van der Waals surface area (Å²) in [6.45, 7) is 1.75. The van der Waals surface area contributed by atoms with E-state index in [-0.39, 0.29) is 5.91 Å². The Hall–Kier alpha value is -0.930. The van der Waals surface area contributed by atoms with Crippen LogP contribution in [0.3, 0.4) is 0 Å². The number of hydrogen-bond acceptors (Lipinski definition) is 2. The van der Waals surface area contributed by atoms with E-state index in [1.807, 2.05) is 30.3 Å². The molecule has 0 aromatic heterocycles. The first-order chi connectivity index (χ1) is 7.46. The zero-order valence-corrected chi connectivity index (χ0v) is 10.3. The highest BCUT2D eigenvalue weighted by Crippen LogP contribution is 2.63. The molecule has 0 saturated heterocycles. The first-order valence-electron chi connectivity index (χ1n) is 4.95. The lowest BCUT2D eigenvalue weighted by Gasteiger charge is -2.13. The molecule has 1 aromatic rings. The molecule has 86 valence electrons. The largest absolute Gasteiger partial charge is 0.299 e. The lowest BCUT2D eigenvalue weighted by molar-refractivity contribution is -0.125. The predicted octanol–water partition coefficient (Wildman–Crippen LogP) is 2.71. The Labute approximate surface area is 104 Å². The zero-order valence-electron chi connectivity index (χ0n) is 8.76. The van der Waals surface area contributed by atoms with Crippen molar-refractivity contribution in [3.05, 3.63) is 30.3 Å². The maximum absolute atomic E-state index is 11.8. The van der Waals surface area contributed by atoms with Crippen LogP contribution in [-0.2, 0) is 4.79 Å².